The smallest absolute Gasteiger partial charge is 0.211 e. The molecule has 20 heavy (non-hydrogen) atoms. The number of nitrogen functional groups attached to an aromatic ring is 1. The van der Waals surface area contributed by atoms with Gasteiger partial charge in [-0.1, -0.05) is 6.07 Å². The third-order valence-corrected chi connectivity index (χ3v) is 2.82. The topological polar surface area (TPSA) is 62.9 Å². The average molecular weight is 275 g/mol. The summed E-state index contributed by atoms with van der Waals surface area (Å²) in [5.41, 5.74) is 6.41. The Kier molecular flexibility index (Phi) is 4.20. The molecule has 0 atom stereocenters. The van der Waals surface area contributed by atoms with E-state index < -0.39 is 0 Å². The number of anilines is 1. The van der Waals surface area contributed by atoms with Gasteiger partial charge in [0.1, 0.15) is 5.75 Å². The minimum atomic E-state index is 0.470. The van der Waals surface area contributed by atoms with Crippen LogP contribution >= 0.6 is 0 Å². The standard InChI is InChI=1S/C15H17NO4/c1-17-10-7-8-11(16)14(9-10)20-15-12(18-2)5-4-6-13(15)19-3/h4-9H,16H2,1-3H3. The van der Waals surface area contributed by atoms with E-state index in [4.69, 9.17) is 24.7 Å². The van der Waals surface area contributed by atoms with Gasteiger partial charge in [-0.25, -0.2) is 0 Å². The number of benzene rings is 2. The molecule has 0 bridgehead atoms. The summed E-state index contributed by atoms with van der Waals surface area (Å²) in [7, 11) is 4.71. The maximum absolute atomic E-state index is 5.91. The van der Waals surface area contributed by atoms with Gasteiger partial charge in [0.15, 0.2) is 17.2 Å². The van der Waals surface area contributed by atoms with E-state index in [2.05, 4.69) is 0 Å². The van der Waals surface area contributed by atoms with Crippen LogP contribution in [0, 0.1) is 0 Å². The normalized spacial score (nSPS) is 9.95. The number of hydrogen-bond donors (Lipinski definition) is 1. The molecule has 106 valence electrons. The number of rotatable bonds is 5. The molecule has 2 aromatic carbocycles. The molecule has 0 heterocycles. The van der Waals surface area contributed by atoms with Gasteiger partial charge < -0.3 is 24.7 Å². The van der Waals surface area contributed by atoms with E-state index in [-0.39, 0.29) is 0 Å². The monoisotopic (exact) mass is 275 g/mol. The van der Waals surface area contributed by atoms with Crippen LogP contribution in [0.3, 0.4) is 0 Å². The van der Waals surface area contributed by atoms with Gasteiger partial charge in [0, 0.05) is 6.07 Å². The zero-order valence-electron chi connectivity index (χ0n) is 11.7. The van der Waals surface area contributed by atoms with Crippen LogP contribution in [0.2, 0.25) is 0 Å². The van der Waals surface area contributed by atoms with Crippen LogP contribution in [-0.4, -0.2) is 21.3 Å². The van der Waals surface area contributed by atoms with E-state index in [0.29, 0.717) is 34.4 Å². The SMILES string of the molecule is COc1ccc(N)c(Oc2c(OC)cccc2OC)c1. The maximum Gasteiger partial charge on any atom is 0.211 e. The van der Waals surface area contributed by atoms with Crippen molar-refractivity contribution in [1.82, 2.24) is 0 Å². The molecule has 0 radical (unpaired) electrons. The molecular formula is C15H17NO4. The second kappa shape index (κ2) is 6.06. The fourth-order valence-corrected chi connectivity index (χ4v) is 1.76. The Hall–Kier alpha value is -2.56. The Balaban J connectivity index is 2.43. The van der Waals surface area contributed by atoms with E-state index in [9.17, 15) is 0 Å². The lowest BCUT2D eigenvalue weighted by Gasteiger charge is -2.15. The lowest BCUT2D eigenvalue weighted by molar-refractivity contribution is 0.345. The Morgan fingerprint density at radius 1 is 0.800 bits per heavy atom. The molecule has 2 N–H and O–H groups in total. The van der Waals surface area contributed by atoms with Crippen LogP contribution in [0.4, 0.5) is 5.69 Å². The van der Waals surface area contributed by atoms with Crippen LogP contribution in [0.5, 0.6) is 28.7 Å². The zero-order valence-corrected chi connectivity index (χ0v) is 11.7. The van der Waals surface area contributed by atoms with Crippen LogP contribution in [0.1, 0.15) is 0 Å². The van der Waals surface area contributed by atoms with Crippen molar-refractivity contribution in [1.29, 1.82) is 0 Å². The van der Waals surface area contributed by atoms with Crippen molar-refractivity contribution in [3.05, 3.63) is 36.4 Å². The molecule has 2 rings (SSSR count). The maximum atomic E-state index is 5.91. The third-order valence-electron chi connectivity index (χ3n) is 2.82. The lowest BCUT2D eigenvalue weighted by atomic mass is 10.2. The van der Waals surface area contributed by atoms with Gasteiger partial charge in [-0.2, -0.15) is 0 Å². The zero-order chi connectivity index (χ0) is 14.5. The summed E-state index contributed by atoms with van der Waals surface area (Å²) >= 11 is 0. The van der Waals surface area contributed by atoms with Gasteiger partial charge in [-0.3, -0.25) is 0 Å². The van der Waals surface area contributed by atoms with Gasteiger partial charge in [-0.15, -0.1) is 0 Å². The Labute approximate surface area is 117 Å². The molecule has 5 heteroatoms. The van der Waals surface area contributed by atoms with Gasteiger partial charge in [0.2, 0.25) is 5.75 Å². The molecule has 0 fully saturated rings. The average Bonchev–Trinajstić information content (AvgIpc) is 2.49. The number of nitrogens with two attached hydrogens (primary N) is 1. The van der Waals surface area contributed by atoms with Crippen LogP contribution in [0.15, 0.2) is 36.4 Å². The van der Waals surface area contributed by atoms with E-state index in [1.807, 2.05) is 6.07 Å². The van der Waals surface area contributed by atoms with Crippen LogP contribution in [0.25, 0.3) is 0 Å². The number of methoxy groups -OCH3 is 3. The van der Waals surface area contributed by atoms with Crippen molar-refractivity contribution in [2.45, 2.75) is 0 Å². The molecule has 0 saturated heterocycles. The molecule has 0 amide bonds. The van der Waals surface area contributed by atoms with Crippen LogP contribution < -0.4 is 24.7 Å². The fourth-order valence-electron chi connectivity index (χ4n) is 1.76. The highest BCUT2D eigenvalue weighted by atomic mass is 16.5. The largest absolute Gasteiger partial charge is 0.497 e. The van der Waals surface area contributed by atoms with Gasteiger partial charge >= 0.3 is 0 Å². The van der Waals surface area contributed by atoms with Crippen molar-refractivity contribution in [3.8, 4) is 28.7 Å². The molecule has 0 aliphatic rings. The highest BCUT2D eigenvalue weighted by Gasteiger charge is 2.14. The second-order valence-electron chi connectivity index (χ2n) is 4.00. The fraction of sp³-hybridized carbons (Fsp3) is 0.200. The first-order valence-electron chi connectivity index (χ1n) is 6.02. The Bertz CT molecular complexity index is 576. The predicted molar refractivity (Wildman–Crippen MR) is 77.0 cm³/mol. The molecule has 0 aliphatic carbocycles. The first kappa shape index (κ1) is 13.9. The number of hydrogen-bond acceptors (Lipinski definition) is 5. The van der Waals surface area contributed by atoms with E-state index in [1.54, 1.807) is 51.7 Å². The van der Waals surface area contributed by atoms with E-state index >= 15 is 0 Å². The van der Waals surface area contributed by atoms with E-state index in [0.717, 1.165) is 0 Å². The van der Waals surface area contributed by atoms with Crippen molar-refractivity contribution in [2.24, 2.45) is 0 Å². The summed E-state index contributed by atoms with van der Waals surface area (Å²) in [4.78, 5) is 0. The summed E-state index contributed by atoms with van der Waals surface area (Å²) < 4.78 is 21.6. The molecule has 0 unspecified atom stereocenters. The summed E-state index contributed by atoms with van der Waals surface area (Å²) in [6.45, 7) is 0. The first-order valence-corrected chi connectivity index (χ1v) is 6.02. The number of ether oxygens (including phenoxy) is 4. The van der Waals surface area contributed by atoms with Crippen molar-refractivity contribution < 1.29 is 18.9 Å². The predicted octanol–water partition coefficient (Wildman–Crippen LogP) is 3.09. The summed E-state index contributed by atoms with van der Waals surface area (Å²) in [5, 5.41) is 0. The van der Waals surface area contributed by atoms with Crippen molar-refractivity contribution in [3.63, 3.8) is 0 Å². The molecule has 0 aliphatic heterocycles. The second-order valence-corrected chi connectivity index (χ2v) is 4.00. The highest BCUT2D eigenvalue weighted by molar-refractivity contribution is 5.60. The van der Waals surface area contributed by atoms with E-state index in [1.165, 1.54) is 0 Å². The quantitative estimate of drug-likeness (QED) is 0.849. The molecule has 2 aromatic rings. The first-order chi connectivity index (χ1) is 9.69. The molecular weight excluding hydrogens is 258 g/mol. The van der Waals surface area contributed by atoms with Gasteiger partial charge in [0.25, 0.3) is 0 Å². The summed E-state index contributed by atoms with van der Waals surface area (Å²) in [6, 6.07) is 10.6. The summed E-state index contributed by atoms with van der Waals surface area (Å²) in [5.74, 6) is 2.73. The molecule has 0 aromatic heterocycles. The molecule has 0 saturated carbocycles. The van der Waals surface area contributed by atoms with Crippen molar-refractivity contribution in [2.75, 3.05) is 27.1 Å². The summed E-state index contributed by atoms with van der Waals surface area (Å²) in [6.07, 6.45) is 0. The third kappa shape index (κ3) is 2.71. The van der Waals surface area contributed by atoms with Crippen LogP contribution in [-0.2, 0) is 0 Å². The minimum Gasteiger partial charge on any atom is -0.497 e. The number of para-hydroxylation sites is 1. The van der Waals surface area contributed by atoms with Crippen molar-refractivity contribution >= 4 is 5.69 Å². The van der Waals surface area contributed by atoms with Gasteiger partial charge in [0.05, 0.1) is 27.0 Å². The van der Waals surface area contributed by atoms with Gasteiger partial charge in [-0.05, 0) is 24.3 Å². The molecule has 5 nitrogen and oxygen atoms in total. The Morgan fingerprint density at radius 3 is 2.00 bits per heavy atom. The Morgan fingerprint density at radius 2 is 1.45 bits per heavy atom. The molecule has 0 spiro atoms. The lowest BCUT2D eigenvalue weighted by Crippen LogP contribution is -1.97. The highest BCUT2D eigenvalue weighted by Crippen LogP contribution is 2.42. The minimum absolute atomic E-state index is 0.470.